The summed E-state index contributed by atoms with van der Waals surface area (Å²) < 4.78 is 7.33. The van der Waals surface area contributed by atoms with Crippen molar-refractivity contribution in [3.63, 3.8) is 0 Å². The number of hydrogen-bond donors (Lipinski definition) is 1. The van der Waals surface area contributed by atoms with Gasteiger partial charge in [0.1, 0.15) is 0 Å². The van der Waals surface area contributed by atoms with E-state index in [9.17, 15) is 4.79 Å². The van der Waals surface area contributed by atoms with Crippen LogP contribution in [0.1, 0.15) is 17.0 Å². The van der Waals surface area contributed by atoms with Crippen molar-refractivity contribution < 1.29 is 9.53 Å². The normalized spacial score (nSPS) is 15.4. The maximum atomic E-state index is 12.0. The maximum Gasteiger partial charge on any atom is 0.254 e. The molecule has 27 heavy (non-hydrogen) atoms. The van der Waals surface area contributed by atoms with E-state index in [4.69, 9.17) is 27.9 Å². The van der Waals surface area contributed by atoms with Gasteiger partial charge in [-0.15, -0.1) is 0 Å². The predicted molar refractivity (Wildman–Crippen MR) is 108 cm³/mol. The van der Waals surface area contributed by atoms with Gasteiger partial charge in [0.2, 0.25) is 0 Å². The molecule has 3 rings (SSSR count). The van der Waals surface area contributed by atoms with Crippen LogP contribution in [0.15, 0.2) is 29.4 Å². The van der Waals surface area contributed by atoms with Crippen LogP contribution >= 0.6 is 23.2 Å². The molecular formula is C19H22Cl2N4O2. The van der Waals surface area contributed by atoms with Crippen LogP contribution in [-0.2, 0) is 9.53 Å². The minimum absolute atomic E-state index is 0.136. The monoisotopic (exact) mass is 408 g/mol. The first-order valence-electron chi connectivity index (χ1n) is 8.71. The third-order valence-corrected chi connectivity index (χ3v) is 4.88. The first-order valence-corrected chi connectivity index (χ1v) is 9.47. The Morgan fingerprint density at radius 2 is 1.85 bits per heavy atom. The summed E-state index contributed by atoms with van der Waals surface area (Å²) in [6, 6.07) is 7.42. The van der Waals surface area contributed by atoms with E-state index in [-0.39, 0.29) is 5.91 Å². The fraction of sp³-hybridized carbons (Fsp3) is 0.368. The first-order chi connectivity index (χ1) is 12.9. The Morgan fingerprint density at radius 3 is 2.52 bits per heavy atom. The number of morpholine rings is 1. The van der Waals surface area contributed by atoms with E-state index in [1.807, 2.05) is 36.9 Å². The number of carbonyl (C=O) groups excluding carboxylic acids is 1. The van der Waals surface area contributed by atoms with Crippen molar-refractivity contribution in [2.24, 2.45) is 5.10 Å². The lowest BCUT2D eigenvalue weighted by atomic mass is 10.2. The minimum Gasteiger partial charge on any atom is -0.379 e. The number of ether oxygens (including phenoxy) is 1. The highest BCUT2D eigenvalue weighted by Crippen LogP contribution is 2.25. The average molecular weight is 409 g/mol. The zero-order valence-electron chi connectivity index (χ0n) is 15.3. The molecule has 1 aliphatic rings. The lowest BCUT2D eigenvalue weighted by Crippen LogP contribution is -2.42. The lowest BCUT2D eigenvalue weighted by molar-refractivity contribution is -0.123. The quantitative estimate of drug-likeness (QED) is 0.610. The van der Waals surface area contributed by atoms with Crippen LogP contribution in [0.3, 0.4) is 0 Å². The summed E-state index contributed by atoms with van der Waals surface area (Å²) >= 11 is 12.3. The minimum atomic E-state index is -0.136. The highest BCUT2D eigenvalue weighted by atomic mass is 35.5. The Balaban J connectivity index is 1.68. The second-order valence-corrected chi connectivity index (χ2v) is 7.34. The van der Waals surface area contributed by atoms with Gasteiger partial charge in [0.15, 0.2) is 0 Å². The number of carbonyl (C=O) groups is 1. The Hall–Kier alpha value is -1.86. The summed E-state index contributed by atoms with van der Waals surface area (Å²) in [7, 11) is 0. The molecule has 0 unspecified atom stereocenters. The molecule has 2 aromatic rings. The molecule has 0 spiro atoms. The molecule has 1 aliphatic heterocycles. The Kier molecular flexibility index (Phi) is 6.55. The number of hydrogen-bond acceptors (Lipinski definition) is 4. The number of rotatable bonds is 5. The second kappa shape index (κ2) is 8.89. The molecular weight excluding hydrogens is 387 g/mol. The van der Waals surface area contributed by atoms with Crippen molar-refractivity contribution in [2.45, 2.75) is 13.8 Å². The number of aromatic nitrogens is 1. The van der Waals surface area contributed by atoms with E-state index in [0.29, 0.717) is 29.8 Å². The van der Waals surface area contributed by atoms with Crippen molar-refractivity contribution in [2.75, 3.05) is 32.8 Å². The average Bonchev–Trinajstić information content (AvgIpc) is 2.88. The molecule has 1 N–H and O–H groups in total. The molecule has 0 atom stereocenters. The number of nitrogens with one attached hydrogen (secondary N) is 1. The van der Waals surface area contributed by atoms with Gasteiger partial charge < -0.3 is 9.30 Å². The van der Waals surface area contributed by atoms with Crippen molar-refractivity contribution in [1.82, 2.24) is 14.9 Å². The van der Waals surface area contributed by atoms with Gasteiger partial charge in [-0.1, -0.05) is 23.2 Å². The lowest BCUT2D eigenvalue weighted by Gasteiger charge is -2.25. The molecule has 6 nitrogen and oxygen atoms in total. The number of halogens is 2. The molecule has 1 aromatic heterocycles. The van der Waals surface area contributed by atoms with Crippen molar-refractivity contribution in [3.05, 3.63) is 51.3 Å². The zero-order chi connectivity index (χ0) is 19.4. The van der Waals surface area contributed by atoms with Crippen LogP contribution < -0.4 is 5.43 Å². The van der Waals surface area contributed by atoms with Gasteiger partial charge in [-0.05, 0) is 38.1 Å². The standard InChI is InChI=1S/C19H22Cl2N4O2/c1-13-7-15(11-22-23-19(26)12-24-3-5-27-6-4-24)14(2)25(13)18-9-16(20)8-17(21)10-18/h7-11H,3-6,12H2,1-2H3,(H,23,26)/b22-11-. The molecule has 144 valence electrons. The van der Waals surface area contributed by atoms with E-state index < -0.39 is 0 Å². The van der Waals surface area contributed by atoms with Crippen LogP contribution in [0.5, 0.6) is 0 Å². The number of amides is 1. The smallest absolute Gasteiger partial charge is 0.254 e. The van der Waals surface area contributed by atoms with E-state index in [2.05, 4.69) is 15.1 Å². The van der Waals surface area contributed by atoms with Crippen LogP contribution in [0.4, 0.5) is 0 Å². The molecule has 1 amide bonds. The first kappa shape index (κ1) is 19.9. The predicted octanol–water partition coefficient (Wildman–Crippen LogP) is 3.18. The molecule has 8 heteroatoms. The Bertz CT molecular complexity index is 837. The Labute approximate surface area is 168 Å². The highest BCUT2D eigenvalue weighted by Gasteiger charge is 2.14. The molecule has 1 aromatic carbocycles. The van der Waals surface area contributed by atoms with Crippen LogP contribution in [0.2, 0.25) is 10.0 Å². The summed E-state index contributed by atoms with van der Waals surface area (Å²) in [5.74, 6) is -0.136. The van der Waals surface area contributed by atoms with Gasteiger partial charge in [0.25, 0.3) is 5.91 Å². The van der Waals surface area contributed by atoms with Gasteiger partial charge in [-0.25, -0.2) is 5.43 Å². The molecule has 0 saturated carbocycles. The summed E-state index contributed by atoms with van der Waals surface area (Å²) in [6.45, 7) is 7.16. The number of benzene rings is 1. The number of hydrazone groups is 1. The molecule has 1 saturated heterocycles. The van der Waals surface area contributed by atoms with Gasteiger partial charge in [-0.3, -0.25) is 9.69 Å². The third kappa shape index (κ3) is 5.11. The maximum absolute atomic E-state index is 12.0. The topological polar surface area (TPSA) is 58.9 Å². The van der Waals surface area contributed by atoms with Crippen molar-refractivity contribution in [1.29, 1.82) is 0 Å². The highest BCUT2D eigenvalue weighted by molar-refractivity contribution is 6.34. The van der Waals surface area contributed by atoms with Gasteiger partial charge in [0, 0.05) is 45.8 Å². The van der Waals surface area contributed by atoms with Crippen molar-refractivity contribution in [3.8, 4) is 5.69 Å². The third-order valence-electron chi connectivity index (χ3n) is 4.44. The summed E-state index contributed by atoms with van der Waals surface area (Å²) in [5, 5.41) is 5.26. The van der Waals surface area contributed by atoms with Gasteiger partial charge in [-0.2, -0.15) is 5.10 Å². The summed E-state index contributed by atoms with van der Waals surface area (Å²) in [4.78, 5) is 14.1. The number of nitrogens with zero attached hydrogens (tertiary/aromatic N) is 3. The Morgan fingerprint density at radius 1 is 1.19 bits per heavy atom. The van der Waals surface area contributed by atoms with Crippen LogP contribution in [-0.4, -0.2) is 54.4 Å². The van der Waals surface area contributed by atoms with E-state index >= 15 is 0 Å². The number of aryl methyl sites for hydroxylation is 1. The molecule has 2 heterocycles. The SMILES string of the molecule is Cc1cc(/C=N\NC(=O)CN2CCOCC2)c(C)n1-c1cc(Cl)cc(Cl)c1. The summed E-state index contributed by atoms with van der Waals surface area (Å²) in [5.41, 5.74) is 6.39. The van der Waals surface area contributed by atoms with Gasteiger partial charge in [0.05, 0.1) is 26.0 Å². The second-order valence-electron chi connectivity index (χ2n) is 6.47. The van der Waals surface area contributed by atoms with Crippen LogP contribution in [0.25, 0.3) is 5.69 Å². The van der Waals surface area contributed by atoms with E-state index in [1.54, 1.807) is 12.3 Å². The molecule has 1 fully saturated rings. The van der Waals surface area contributed by atoms with E-state index in [1.165, 1.54) is 0 Å². The summed E-state index contributed by atoms with van der Waals surface area (Å²) in [6.07, 6.45) is 1.65. The zero-order valence-corrected chi connectivity index (χ0v) is 16.8. The van der Waals surface area contributed by atoms with Crippen molar-refractivity contribution >= 4 is 35.3 Å². The molecule has 0 bridgehead atoms. The fourth-order valence-electron chi connectivity index (χ4n) is 3.16. The van der Waals surface area contributed by atoms with Crippen LogP contribution in [0, 0.1) is 13.8 Å². The fourth-order valence-corrected chi connectivity index (χ4v) is 3.67. The van der Waals surface area contributed by atoms with Gasteiger partial charge >= 0.3 is 0 Å². The molecule has 0 aliphatic carbocycles. The molecule has 0 radical (unpaired) electrons. The largest absolute Gasteiger partial charge is 0.379 e. The van der Waals surface area contributed by atoms with E-state index in [0.717, 1.165) is 35.7 Å².